The summed E-state index contributed by atoms with van der Waals surface area (Å²) >= 11 is 0. The molecular weight excluding hydrogens is 150 g/mol. The van der Waals surface area contributed by atoms with Gasteiger partial charge in [0.1, 0.15) is 5.82 Å². The van der Waals surface area contributed by atoms with Crippen LogP contribution in [0, 0.1) is 0 Å². The van der Waals surface area contributed by atoms with Gasteiger partial charge in [-0.2, -0.15) is 0 Å². The molecule has 1 aliphatic heterocycles. The molecule has 1 aromatic rings. The summed E-state index contributed by atoms with van der Waals surface area (Å²) in [7, 11) is 0. The lowest BCUT2D eigenvalue weighted by Gasteiger charge is -2.00. The fraction of sp³-hybridized carbons (Fsp3) is 0.111. The normalized spacial score (nSPS) is 14.8. The van der Waals surface area contributed by atoms with Crippen molar-refractivity contribution in [3.05, 3.63) is 30.0 Å². The van der Waals surface area contributed by atoms with Crippen LogP contribution in [0.25, 0.3) is 5.70 Å². The minimum atomic E-state index is 0.544. The van der Waals surface area contributed by atoms with Gasteiger partial charge >= 0.3 is 0 Å². The van der Waals surface area contributed by atoms with Crippen molar-refractivity contribution in [3.63, 3.8) is 0 Å². The maximum Gasteiger partial charge on any atom is 0.132 e. The molecular formula is C9H9N3. The first kappa shape index (κ1) is 7.03. The molecule has 3 heteroatoms. The standard InChI is InChI=1S/C9H9N3/c10-9-7(3-1-6-12-9)8-4-2-5-11-8/h1,3-6H,2H2,(H2,10,12). The summed E-state index contributed by atoms with van der Waals surface area (Å²) in [4.78, 5) is 8.17. The first-order chi connectivity index (χ1) is 5.88. The zero-order chi connectivity index (χ0) is 8.39. The van der Waals surface area contributed by atoms with Crippen molar-refractivity contribution in [1.29, 1.82) is 0 Å². The Morgan fingerprint density at radius 3 is 3.00 bits per heavy atom. The van der Waals surface area contributed by atoms with Gasteiger partial charge in [-0.1, -0.05) is 6.08 Å². The van der Waals surface area contributed by atoms with Crippen LogP contribution in [-0.4, -0.2) is 11.2 Å². The Morgan fingerprint density at radius 2 is 2.33 bits per heavy atom. The smallest absolute Gasteiger partial charge is 0.132 e. The predicted molar refractivity (Wildman–Crippen MR) is 49.7 cm³/mol. The second-order valence-electron chi connectivity index (χ2n) is 2.57. The highest BCUT2D eigenvalue weighted by molar-refractivity contribution is 5.83. The van der Waals surface area contributed by atoms with Crippen LogP contribution in [0.4, 0.5) is 5.82 Å². The number of anilines is 1. The molecule has 0 atom stereocenters. The Bertz CT molecular complexity index is 353. The van der Waals surface area contributed by atoms with E-state index in [0.29, 0.717) is 5.82 Å². The summed E-state index contributed by atoms with van der Waals surface area (Å²) in [6, 6.07) is 3.79. The average molecular weight is 159 g/mol. The summed E-state index contributed by atoms with van der Waals surface area (Å²) in [5.74, 6) is 0.544. The fourth-order valence-corrected chi connectivity index (χ4v) is 1.18. The highest BCUT2D eigenvalue weighted by Crippen LogP contribution is 2.22. The quantitative estimate of drug-likeness (QED) is 0.674. The highest BCUT2D eigenvalue weighted by atomic mass is 14.8. The fourth-order valence-electron chi connectivity index (χ4n) is 1.18. The van der Waals surface area contributed by atoms with E-state index in [9.17, 15) is 0 Å². The number of aliphatic imine (C=N–C) groups is 1. The predicted octanol–water partition coefficient (Wildman–Crippen LogP) is 1.48. The number of nitrogen functional groups attached to an aromatic ring is 1. The first-order valence-electron chi connectivity index (χ1n) is 3.81. The minimum absolute atomic E-state index is 0.544. The third kappa shape index (κ3) is 1.09. The van der Waals surface area contributed by atoms with Gasteiger partial charge in [-0.25, -0.2) is 4.98 Å². The Hall–Kier alpha value is -1.64. The SMILES string of the molecule is Nc1ncccc1C1=CCC=N1. The molecule has 0 aromatic carbocycles. The first-order valence-corrected chi connectivity index (χ1v) is 3.81. The van der Waals surface area contributed by atoms with E-state index in [1.165, 1.54) is 0 Å². The topological polar surface area (TPSA) is 51.3 Å². The highest BCUT2D eigenvalue weighted by Gasteiger charge is 2.06. The molecule has 2 N–H and O–H groups in total. The van der Waals surface area contributed by atoms with Gasteiger partial charge in [-0.05, 0) is 12.1 Å². The maximum atomic E-state index is 5.67. The Morgan fingerprint density at radius 1 is 1.42 bits per heavy atom. The second kappa shape index (κ2) is 2.77. The lowest BCUT2D eigenvalue weighted by Crippen LogP contribution is -1.94. The van der Waals surface area contributed by atoms with Crippen LogP contribution in [0.3, 0.4) is 0 Å². The van der Waals surface area contributed by atoms with Gasteiger partial charge in [0.15, 0.2) is 0 Å². The van der Waals surface area contributed by atoms with Gasteiger partial charge in [0, 0.05) is 24.4 Å². The molecule has 0 bridgehead atoms. The summed E-state index contributed by atoms with van der Waals surface area (Å²) < 4.78 is 0. The number of allylic oxidation sites excluding steroid dienone is 1. The van der Waals surface area contributed by atoms with Gasteiger partial charge in [0.25, 0.3) is 0 Å². The second-order valence-corrected chi connectivity index (χ2v) is 2.57. The van der Waals surface area contributed by atoms with E-state index < -0.39 is 0 Å². The van der Waals surface area contributed by atoms with E-state index in [2.05, 4.69) is 9.98 Å². The van der Waals surface area contributed by atoms with E-state index >= 15 is 0 Å². The summed E-state index contributed by atoms with van der Waals surface area (Å²) in [6.45, 7) is 0. The Kier molecular flexibility index (Phi) is 1.63. The third-order valence-corrected chi connectivity index (χ3v) is 1.76. The molecule has 1 aromatic heterocycles. The van der Waals surface area contributed by atoms with Gasteiger partial charge in [0.05, 0.1) is 5.70 Å². The number of pyridine rings is 1. The van der Waals surface area contributed by atoms with E-state index in [4.69, 9.17) is 5.73 Å². The van der Waals surface area contributed by atoms with Crippen LogP contribution < -0.4 is 5.73 Å². The van der Waals surface area contributed by atoms with E-state index in [-0.39, 0.29) is 0 Å². The van der Waals surface area contributed by atoms with E-state index in [1.807, 2.05) is 24.4 Å². The van der Waals surface area contributed by atoms with Crippen LogP contribution >= 0.6 is 0 Å². The zero-order valence-electron chi connectivity index (χ0n) is 6.57. The number of hydrogen-bond acceptors (Lipinski definition) is 3. The van der Waals surface area contributed by atoms with Crippen LogP contribution in [-0.2, 0) is 0 Å². The minimum Gasteiger partial charge on any atom is -0.383 e. The van der Waals surface area contributed by atoms with Crippen molar-refractivity contribution in [2.75, 3.05) is 5.73 Å². The van der Waals surface area contributed by atoms with Gasteiger partial charge in [0.2, 0.25) is 0 Å². The number of rotatable bonds is 1. The monoisotopic (exact) mass is 159 g/mol. The van der Waals surface area contributed by atoms with Crippen molar-refractivity contribution < 1.29 is 0 Å². The van der Waals surface area contributed by atoms with Gasteiger partial charge in [-0.15, -0.1) is 0 Å². The molecule has 0 amide bonds. The van der Waals surface area contributed by atoms with E-state index in [0.717, 1.165) is 17.7 Å². The molecule has 2 heterocycles. The number of aromatic nitrogens is 1. The molecule has 0 radical (unpaired) electrons. The molecule has 0 aliphatic carbocycles. The molecule has 1 aliphatic rings. The molecule has 60 valence electrons. The molecule has 2 rings (SSSR count). The van der Waals surface area contributed by atoms with Crippen LogP contribution in [0.1, 0.15) is 12.0 Å². The Labute approximate surface area is 70.7 Å². The number of nitrogens with two attached hydrogens (primary N) is 1. The van der Waals surface area contributed by atoms with E-state index in [1.54, 1.807) is 6.20 Å². The zero-order valence-corrected chi connectivity index (χ0v) is 6.57. The molecule has 0 saturated heterocycles. The Balaban J connectivity index is 2.46. The average Bonchev–Trinajstić information content (AvgIpc) is 2.57. The van der Waals surface area contributed by atoms with Crippen molar-refractivity contribution in [2.24, 2.45) is 4.99 Å². The van der Waals surface area contributed by atoms with Crippen molar-refractivity contribution in [1.82, 2.24) is 4.98 Å². The third-order valence-electron chi connectivity index (χ3n) is 1.76. The lowest BCUT2D eigenvalue weighted by molar-refractivity contribution is 1.31. The van der Waals surface area contributed by atoms with Crippen LogP contribution in [0.5, 0.6) is 0 Å². The summed E-state index contributed by atoms with van der Waals surface area (Å²) in [5, 5.41) is 0. The number of hydrogen-bond donors (Lipinski definition) is 1. The molecule has 0 spiro atoms. The van der Waals surface area contributed by atoms with Gasteiger partial charge in [-0.3, -0.25) is 4.99 Å². The van der Waals surface area contributed by atoms with Crippen molar-refractivity contribution >= 4 is 17.7 Å². The van der Waals surface area contributed by atoms with Crippen molar-refractivity contribution in [3.8, 4) is 0 Å². The molecule has 0 saturated carbocycles. The lowest BCUT2D eigenvalue weighted by atomic mass is 10.2. The summed E-state index contributed by atoms with van der Waals surface area (Å²) in [5.41, 5.74) is 7.53. The largest absolute Gasteiger partial charge is 0.383 e. The van der Waals surface area contributed by atoms with Gasteiger partial charge < -0.3 is 5.73 Å². The van der Waals surface area contributed by atoms with Crippen LogP contribution in [0.15, 0.2) is 29.4 Å². The number of nitrogens with zero attached hydrogens (tertiary/aromatic N) is 2. The molecule has 3 nitrogen and oxygen atoms in total. The molecule has 0 fully saturated rings. The maximum absolute atomic E-state index is 5.67. The molecule has 12 heavy (non-hydrogen) atoms. The molecule has 0 unspecified atom stereocenters. The summed E-state index contributed by atoms with van der Waals surface area (Å²) in [6.07, 6.45) is 6.47. The van der Waals surface area contributed by atoms with Crippen molar-refractivity contribution in [2.45, 2.75) is 6.42 Å². The van der Waals surface area contributed by atoms with Crippen LogP contribution in [0.2, 0.25) is 0 Å².